The number of carboxylic acids is 1. The third kappa shape index (κ3) is 4.98. The quantitative estimate of drug-likeness (QED) is 0.736. The summed E-state index contributed by atoms with van der Waals surface area (Å²) in [6, 6.07) is 6.22. The molecule has 100 valence electrons. The molecule has 1 aromatic rings. The van der Waals surface area contributed by atoms with E-state index in [0.29, 0.717) is 23.9 Å². The summed E-state index contributed by atoms with van der Waals surface area (Å²) >= 11 is 0. The second kappa shape index (κ2) is 8.00. The lowest BCUT2D eigenvalue weighted by Gasteiger charge is -2.04. The van der Waals surface area contributed by atoms with Crippen molar-refractivity contribution in [1.29, 1.82) is 0 Å². The number of hydrogen-bond donors (Lipinski definition) is 1. The molecule has 1 rings (SSSR count). The van der Waals surface area contributed by atoms with Gasteiger partial charge in [-0.15, -0.1) is 0 Å². The van der Waals surface area contributed by atoms with E-state index >= 15 is 0 Å². The van der Waals surface area contributed by atoms with Crippen molar-refractivity contribution >= 4 is 16.8 Å². The van der Waals surface area contributed by atoms with Crippen molar-refractivity contribution in [3.8, 4) is 0 Å². The highest BCUT2D eigenvalue weighted by molar-refractivity contribution is 7.85. The van der Waals surface area contributed by atoms with Crippen LogP contribution in [0.25, 0.3) is 0 Å². The lowest BCUT2D eigenvalue weighted by Crippen LogP contribution is -2.08. The van der Waals surface area contributed by atoms with E-state index in [2.05, 4.69) is 6.92 Å². The number of carbonyl (C=O) groups is 1. The van der Waals surface area contributed by atoms with Gasteiger partial charge >= 0.3 is 5.97 Å². The summed E-state index contributed by atoms with van der Waals surface area (Å²) in [7, 11) is -1.20. The fraction of sp³-hybridized carbons (Fsp3) is 0.462. The molecule has 1 aromatic carbocycles. The average Bonchev–Trinajstić information content (AvgIpc) is 2.38. The molecule has 1 atom stereocenters. The Morgan fingerprint density at radius 3 is 2.83 bits per heavy atom. The summed E-state index contributed by atoms with van der Waals surface area (Å²) in [5.41, 5.74) is 0.160. The second-order valence-electron chi connectivity index (χ2n) is 3.85. The molecule has 0 aliphatic rings. The molecule has 5 heteroatoms. The summed E-state index contributed by atoms with van der Waals surface area (Å²) < 4.78 is 17.2. The van der Waals surface area contributed by atoms with Gasteiger partial charge in [-0.2, -0.15) is 0 Å². The van der Waals surface area contributed by atoms with Gasteiger partial charge in [0.25, 0.3) is 0 Å². The van der Waals surface area contributed by atoms with Crippen LogP contribution < -0.4 is 0 Å². The maximum absolute atomic E-state index is 11.9. The molecule has 0 aliphatic carbocycles. The van der Waals surface area contributed by atoms with Crippen molar-refractivity contribution in [3.63, 3.8) is 0 Å². The summed E-state index contributed by atoms with van der Waals surface area (Å²) in [5, 5.41) is 8.84. The molecule has 18 heavy (non-hydrogen) atoms. The fourth-order valence-electron chi connectivity index (χ4n) is 1.37. The van der Waals surface area contributed by atoms with Crippen LogP contribution in [0.3, 0.4) is 0 Å². The van der Waals surface area contributed by atoms with Gasteiger partial charge in [0.15, 0.2) is 0 Å². The highest BCUT2D eigenvalue weighted by Gasteiger charge is 2.08. The van der Waals surface area contributed by atoms with Gasteiger partial charge in [0.2, 0.25) is 0 Å². The van der Waals surface area contributed by atoms with Crippen LogP contribution in [0.15, 0.2) is 29.2 Å². The van der Waals surface area contributed by atoms with E-state index in [0.717, 1.165) is 12.8 Å². The van der Waals surface area contributed by atoms with Gasteiger partial charge in [-0.05, 0) is 24.6 Å². The van der Waals surface area contributed by atoms with E-state index in [1.54, 1.807) is 12.1 Å². The summed E-state index contributed by atoms with van der Waals surface area (Å²) in [4.78, 5) is 11.3. The molecule has 0 amide bonds. The van der Waals surface area contributed by atoms with E-state index in [4.69, 9.17) is 9.84 Å². The molecular formula is C13H18O4S. The van der Waals surface area contributed by atoms with E-state index in [-0.39, 0.29) is 5.56 Å². The number of ether oxygens (including phenoxy) is 1. The molecule has 0 heterocycles. The highest BCUT2D eigenvalue weighted by Crippen LogP contribution is 2.10. The smallest absolute Gasteiger partial charge is 0.335 e. The second-order valence-corrected chi connectivity index (χ2v) is 5.42. The Hall–Kier alpha value is -1.20. The Morgan fingerprint density at radius 2 is 2.17 bits per heavy atom. The van der Waals surface area contributed by atoms with Crippen LogP contribution in [0.5, 0.6) is 0 Å². The van der Waals surface area contributed by atoms with Gasteiger partial charge in [-0.25, -0.2) is 4.79 Å². The summed E-state index contributed by atoms with van der Waals surface area (Å²) in [6.07, 6.45) is 2.07. The maximum atomic E-state index is 11.9. The number of aromatic carboxylic acids is 1. The minimum absolute atomic E-state index is 0.160. The minimum Gasteiger partial charge on any atom is -0.478 e. The standard InChI is InChI=1S/C13H18O4S/c1-2-3-7-17-8-9-18(16)12-6-4-5-11(10-12)13(14)15/h4-6,10H,2-3,7-9H2,1H3,(H,14,15). The molecule has 0 fully saturated rings. The van der Waals surface area contributed by atoms with Gasteiger partial charge in [-0.3, -0.25) is 4.21 Å². The van der Waals surface area contributed by atoms with Crippen molar-refractivity contribution < 1.29 is 18.8 Å². The first kappa shape index (κ1) is 14.9. The molecule has 0 bridgehead atoms. The molecule has 0 aliphatic heterocycles. The zero-order valence-corrected chi connectivity index (χ0v) is 11.2. The Bertz CT molecular complexity index is 417. The van der Waals surface area contributed by atoms with Gasteiger partial charge in [-0.1, -0.05) is 19.4 Å². The molecule has 4 nitrogen and oxygen atoms in total. The first-order valence-corrected chi connectivity index (χ1v) is 7.26. The molecule has 0 saturated heterocycles. The Morgan fingerprint density at radius 1 is 1.39 bits per heavy atom. The molecule has 0 spiro atoms. The summed E-state index contributed by atoms with van der Waals surface area (Å²) in [6.45, 7) is 3.20. The lowest BCUT2D eigenvalue weighted by molar-refractivity contribution is 0.0696. The van der Waals surface area contributed by atoms with Gasteiger partial charge in [0.1, 0.15) is 0 Å². The van der Waals surface area contributed by atoms with E-state index < -0.39 is 16.8 Å². The number of rotatable bonds is 8. The lowest BCUT2D eigenvalue weighted by atomic mass is 10.2. The average molecular weight is 270 g/mol. The third-order valence-corrected chi connectivity index (χ3v) is 3.72. The number of benzene rings is 1. The van der Waals surface area contributed by atoms with Crippen LogP contribution >= 0.6 is 0 Å². The third-order valence-electron chi connectivity index (χ3n) is 2.40. The van der Waals surface area contributed by atoms with Gasteiger partial charge in [0.05, 0.1) is 28.7 Å². The predicted octanol–water partition coefficient (Wildman–Crippen LogP) is 2.31. The number of hydrogen-bond acceptors (Lipinski definition) is 3. The van der Waals surface area contributed by atoms with Crippen LogP contribution in [-0.2, 0) is 15.5 Å². The normalized spacial score (nSPS) is 12.3. The molecule has 1 unspecified atom stereocenters. The van der Waals surface area contributed by atoms with Crippen molar-refractivity contribution in [2.45, 2.75) is 24.7 Å². The first-order valence-electron chi connectivity index (χ1n) is 5.94. The zero-order chi connectivity index (χ0) is 13.4. The minimum atomic E-state index is -1.20. The van der Waals surface area contributed by atoms with Crippen LogP contribution in [0.4, 0.5) is 0 Å². The fourth-order valence-corrected chi connectivity index (χ4v) is 2.37. The molecular weight excluding hydrogens is 252 g/mol. The SMILES string of the molecule is CCCCOCCS(=O)c1cccc(C(=O)O)c1. The van der Waals surface area contributed by atoms with Crippen molar-refractivity contribution in [3.05, 3.63) is 29.8 Å². The Balaban J connectivity index is 2.46. The maximum Gasteiger partial charge on any atom is 0.335 e. The highest BCUT2D eigenvalue weighted by atomic mass is 32.2. The molecule has 1 N–H and O–H groups in total. The van der Waals surface area contributed by atoms with Crippen molar-refractivity contribution in [1.82, 2.24) is 0 Å². The van der Waals surface area contributed by atoms with Crippen molar-refractivity contribution in [2.24, 2.45) is 0 Å². The topological polar surface area (TPSA) is 63.6 Å². The number of unbranched alkanes of at least 4 members (excludes halogenated alkanes) is 1. The van der Waals surface area contributed by atoms with E-state index in [1.165, 1.54) is 12.1 Å². The molecule has 0 saturated carbocycles. The van der Waals surface area contributed by atoms with Crippen LogP contribution in [-0.4, -0.2) is 34.3 Å². The van der Waals surface area contributed by atoms with E-state index in [9.17, 15) is 9.00 Å². The Labute approximate surface area is 109 Å². The van der Waals surface area contributed by atoms with Crippen LogP contribution in [0.2, 0.25) is 0 Å². The summed E-state index contributed by atoms with van der Waals surface area (Å²) in [5.74, 6) is -0.611. The molecule has 0 radical (unpaired) electrons. The zero-order valence-electron chi connectivity index (χ0n) is 10.4. The monoisotopic (exact) mass is 270 g/mol. The first-order chi connectivity index (χ1) is 8.65. The van der Waals surface area contributed by atoms with Crippen molar-refractivity contribution in [2.75, 3.05) is 19.0 Å². The van der Waals surface area contributed by atoms with Crippen LogP contribution in [0.1, 0.15) is 30.1 Å². The molecule has 0 aromatic heterocycles. The largest absolute Gasteiger partial charge is 0.478 e. The predicted molar refractivity (Wildman–Crippen MR) is 70.4 cm³/mol. The van der Waals surface area contributed by atoms with Crippen LogP contribution in [0, 0.1) is 0 Å². The van der Waals surface area contributed by atoms with E-state index in [1.807, 2.05) is 0 Å². The van der Waals surface area contributed by atoms with Gasteiger partial charge < -0.3 is 9.84 Å². The Kier molecular flexibility index (Phi) is 6.60. The number of carboxylic acid groups (broad SMARTS) is 1. The van der Waals surface area contributed by atoms with Gasteiger partial charge in [0, 0.05) is 11.5 Å².